The molecule has 1 N–H and O–H groups in total. The Hall–Kier alpha value is -4.33. The van der Waals surface area contributed by atoms with E-state index in [1.165, 1.54) is 19.1 Å². The van der Waals surface area contributed by atoms with Gasteiger partial charge in [-0.2, -0.15) is 0 Å². The number of aliphatic hydroxyl groups is 1. The van der Waals surface area contributed by atoms with E-state index in [1.807, 2.05) is 13.0 Å². The van der Waals surface area contributed by atoms with Crippen molar-refractivity contribution in [2.75, 3.05) is 21.3 Å². The van der Waals surface area contributed by atoms with Crippen LogP contribution in [-0.4, -0.2) is 48.0 Å². The summed E-state index contributed by atoms with van der Waals surface area (Å²) in [4.78, 5) is 32.1. The lowest BCUT2D eigenvalue weighted by Gasteiger charge is -2.27. The number of carbonyl (C=O) groups excluding carboxylic acids is 2. The Balaban J connectivity index is 1.92. The number of aliphatic hydroxyl groups excluding tert-OH is 1. The molecular formula is C27H26N2O6. The molecule has 4 rings (SSSR count). The van der Waals surface area contributed by atoms with Crippen molar-refractivity contribution in [3.05, 3.63) is 88.8 Å². The highest BCUT2D eigenvalue weighted by molar-refractivity contribution is 6.46. The molecule has 1 aliphatic heterocycles. The molecule has 3 aromatic rings. The number of ketones is 1. The van der Waals surface area contributed by atoms with Crippen molar-refractivity contribution in [3.63, 3.8) is 0 Å². The minimum Gasteiger partial charge on any atom is -0.507 e. The van der Waals surface area contributed by atoms with Gasteiger partial charge in [0.15, 0.2) is 0 Å². The average molecular weight is 475 g/mol. The van der Waals surface area contributed by atoms with E-state index in [9.17, 15) is 14.7 Å². The molecule has 8 heteroatoms. The van der Waals surface area contributed by atoms with E-state index in [1.54, 1.807) is 62.0 Å². The summed E-state index contributed by atoms with van der Waals surface area (Å²) in [5.41, 5.74) is 2.45. The zero-order chi connectivity index (χ0) is 25.1. The first kappa shape index (κ1) is 23.8. The summed E-state index contributed by atoms with van der Waals surface area (Å²) in [5.74, 6) is -0.145. The van der Waals surface area contributed by atoms with Crippen molar-refractivity contribution in [3.8, 4) is 17.2 Å². The number of methoxy groups -OCH3 is 3. The zero-order valence-corrected chi connectivity index (χ0v) is 19.9. The fourth-order valence-corrected chi connectivity index (χ4v) is 4.28. The Morgan fingerprint density at radius 1 is 1.00 bits per heavy atom. The number of nitrogens with zero attached hydrogens (tertiary/aromatic N) is 2. The van der Waals surface area contributed by atoms with Crippen molar-refractivity contribution in [1.29, 1.82) is 0 Å². The largest absolute Gasteiger partial charge is 0.507 e. The van der Waals surface area contributed by atoms with E-state index in [4.69, 9.17) is 14.2 Å². The van der Waals surface area contributed by atoms with Crippen LogP contribution in [-0.2, 0) is 16.1 Å². The normalized spacial score (nSPS) is 16.9. The van der Waals surface area contributed by atoms with Crippen LogP contribution in [0.3, 0.4) is 0 Å². The molecule has 2 heterocycles. The predicted molar refractivity (Wildman–Crippen MR) is 129 cm³/mol. The number of benzene rings is 2. The molecular weight excluding hydrogens is 448 g/mol. The van der Waals surface area contributed by atoms with Crippen molar-refractivity contribution in [2.45, 2.75) is 19.5 Å². The Bertz CT molecular complexity index is 1300. The van der Waals surface area contributed by atoms with Crippen LogP contribution in [0.4, 0.5) is 0 Å². The third-order valence-corrected chi connectivity index (χ3v) is 6.02. The number of pyridine rings is 1. The summed E-state index contributed by atoms with van der Waals surface area (Å²) in [6.07, 6.45) is 3.27. The van der Waals surface area contributed by atoms with Gasteiger partial charge in [0.05, 0.1) is 32.9 Å². The molecule has 35 heavy (non-hydrogen) atoms. The number of carbonyl (C=O) groups is 2. The number of hydrogen-bond acceptors (Lipinski definition) is 7. The second-order valence-electron chi connectivity index (χ2n) is 8.08. The molecule has 1 aliphatic rings. The van der Waals surface area contributed by atoms with Gasteiger partial charge < -0.3 is 24.2 Å². The van der Waals surface area contributed by atoms with E-state index in [-0.39, 0.29) is 17.9 Å². The van der Waals surface area contributed by atoms with Gasteiger partial charge in [-0.15, -0.1) is 0 Å². The van der Waals surface area contributed by atoms with Crippen LogP contribution in [0.5, 0.6) is 17.2 Å². The molecule has 180 valence electrons. The number of Topliss-reactive ketones (excluding diaryl/α,β-unsaturated/α-hetero) is 1. The number of aromatic nitrogens is 1. The SMILES string of the molecule is COc1ccc([C@@H]2C(=C(O)c3ccc(OC)c(C)c3)C(=O)C(=O)N2Cc2cccnc2)c(OC)c1. The molecule has 1 amide bonds. The molecule has 1 saturated heterocycles. The predicted octanol–water partition coefficient (Wildman–Crippen LogP) is 4.04. The van der Waals surface area contributed by atoms with Gasteiger partial charge in [-0.25, -0.2) is 0 Å². The van der Waals surface area contributed by atoms with Gasteiger partial charge in [0.1, 0.15) is 23.0 Å². The van der Waals surface area contributed by atoms with Gasteiger partial charge >= 0.3 is 0 Å². The van der Waals surface area contributed by atoms with Crippen LogP contribution in [0.1, 0.15) is 28.3 Å². The first-order valence-corrected chi connectivity index (χ1v) is 10.9. The lowest BCUT2D eigenvalue weighted by atomic mass is 9.94. The van der Waals surface area contributed by atoms with Gasteiger partial charge in [-0.1, -0.05) is 6.07 Å². The van der Waals surface area contributed by atoms with E-state index < -0.39 is 17.7 Å². The van der Waals surface area contributed by atoms with E-state index in [0.29, 0.717) is 28.4 Å². The summed E-state index contributed by atoms with van der Waals surface area (Å²) in [6, 6.07) is 12.9. The molecule has 0 bridgehead atoms. The molecule has 0 aliphatic carbocycles. The highest BCUT2D eigenvalue weighted by Gasteiger charge is 2.47. The molecule has 1 aromatic heterocycles. The van der Waals surface area contributed by atoms with Gasteiger partial charge in [0.2, 0.25) is 0 Å². The number of hydrogen-bond donors (Lipinski definition) is 1. The van der Waals surface area contributed by atoms with Gasteiger partial charge in [0, 0.05) is 36.1 Å². The van der Waals surface area contributed by atoms with Crippen LogP contribution in [0, 0.1) is 6.92 Å². The first-order valence-electron chi connectivity index (χ1n) is 10.9. The van der Waals surface area contributed by atoms with Crippen LogP contribution >= 0.6 is 0 Å². The fraction of sp³-hybridized carbons (Fsp3) is 0.222. The maximum atomic E-state index is 13.3. The van der Waals surface area contributed by atoms with Crippen LogP contribution < -0.4 is 14.2 Å². The quantitative estimate of drug-likeness (QED) is 0.314. The summed E-state index contributed by atoms with van der Waals surface area (Å²) in [5, 5.41) is 11.3. The summed E-state index contributed by atoms with van der Waals surface area (Å²) in [7, 11) is 4.59. The Morgan fingerprint density at radius 2 is 1.77 bits per heavy atom. The minimum absolute atomic E-state index is 0.0214. The monoisotopic (exact) mass is 474 g/mol. The third kappa shape index (κ3) is 4.42. The van der Waals surface area contributed by atoms with Crippen molar-refractivity contribution in [2.24, 2.45) is 0 Å². The number of ether oxygens (including phenoxy) is 3. The second kappa shape index (κ2) is 9.89. The van der Waals surface area contributed by atoms with Crippen LogP contribution in [0.25, 0.3) is 5.76 Å². The van der Waals surface area contributed by atoms with Crippen molar-refractivity contribution in [1.82, 2.24) is 9.88 Å². The molecule has 0 unspecified atom stereocenters. The number of amides is 1. The van der Waals surface area contributed by atoms with Crippen molar-refractivity contribution >= 4 is 17.4 Å². The minimum atomic E-state index is -0.890. The van der Waals surface area contributed by atoms with Crippen LogP contribution in [0.2, 0.25) is 0 Å². The summed E-state index contributed by atoms with van der Waals surface area (Å²) < 4.78 is 16.2. The lowest BCUT2D eigenvalue weighted by Crippen LogP contribution is -2.29. The maximum absolute atomic E-state index is 13.3. The first-order chi connectivity index (χ1) is 16.9. The highest BCUT2D eigenvalue weighted by atomic mass is 16.5. The highest BCUT2D eigenvalue weighted by Crippen LogP contribution is 2.44. The van der Waals surface area contributed by atoms with E-state index in [2.05, 4.69) is 4.98 Å². The summed E-state index contributed by atoms with van der Waals surface area (Å²) >= 11 is 0. The average Bonchev–Trinajstić information content (AvgIpc) is 3.13. The van der Waals surface area contributed by atoms with Gasteiger partial charge in [-0.05, 0) is 54.4 Å². The molecule has 1 fully saturated rings. The zero-order valence-electron chi connectivity index (χ0n) is 19.9. The molecule has 0 saturated carbocycles. The molecule has 0 spiro atoms. The second-order valence-corrected chi connectivity index (χ2v) is 8.08. The van der Waals surface area contributed by atoms with E-state index >= 15 is 0 Å². The number of likely N-dealkylation sites (tertiary alicyclic amines) is 1. The third-order valence-electron chi connectivity index (χ3n) is 6.02. The Labute approximate surface area is 203 Å². The standard InChI is InChI=1S/C27H26N2O6/c1-16-12-18(7-10-21(16)34-3)25(30)23-24(20-9-8-19(33-2)13-22(20)35-4)29(27(32)26(23)31)15-17-6-5-11-28-14-17/h5-14,24,30H,15H2,1-4H3/t24-/m1/s1. The van der Waals surface area contributed by atoms with Crippen LogP contribution in [0.15, 0.2) is 66.5 Å². The summed E-state index contributed by atoms with van der Waals surface area (Å²) in [6.45, 7) is 1.96. The molecule has 0 radical (unpaired) electrons. The maximum Gasteiger partial charge on any atom is 0.295 e. The Kier molecular flexibility index (Phi) is 6.73. The number of rotatable bonds is 7. The molecule has 2 aromatic carbocycles. The topological polar surface area (TPSA) is 98.2 Å². The Morgan fingerprint density at radius 3 is 2.40 bits per heavy atom. The molecule has 8 nitrogen and oxygen atoms in total. The molecule has 1 atom stereocenters. The van der Waals surface area contributed by atoms with Gasteiger partial charge in [-0.3, -0.25) is 14.6 Å². The number of aryl methyl sites for hydroxylation is 1. The van der Waals surface area contributed by atoms with Crippen molar-refractivity contribution < 1.29 is 28.9 Å². The van der Waals surface area contributed by atoms with Gasteiger partial charge in [0.25, 0.3) is 11.7 Å². The van der Waals surface area contributed by atoms with E-state index in [0.717, 1.165) is 11.1 Å². The lowest BCUT2D eigenvalue weighted by molar-refractivity contribution is -0.140. The fourth-order valence-electron chi connectivity index (χ4n) is 4.28. The smallest absolute Gasteiger partial charge is 0.295 e.